The van der Waals surface area contributed by atoms with E-state index < -0.39 is 17.7 Å². The summed E-state index contributed by atoms with van der Waals surface area (Å²) in [5, 5.41) is 13.1. The van der Waals surface area contributed by atoms with Crippen LogP contribution >= 0.6 is 12.2 Å². The molecular formula is C15H17F2N5O2S. The first kappa shape index (κ1) is 17.5. The number of thiocarbonyl (C=S) groups is 1. The van der Waals surface area contributed by atoms with Gasteiger partial charge >= 0.3 is 0 Å². The number of benzene rings is 1. The number of anilines is 1. The van der Waals surface area contributed by atoms with Crippen molar-refractivity contribution < 1.29 is 18.3 Å². The Kier molecular flexibility index (Phi) is 5.39. The quantitative estimate of drug-likeness (QED) is 0.792. The summed E-state index contributed by atoms with van der Waals surface area (Å²) in [5.74, 6) is -1.31. The van der Waals surface area contributed by atoms with Crippen molar-refractivity contribution >= 4 is 23.1 Å². The first-order valence-electron chi connectivity index (χ1n) is 7.62. The lowest BCUT2D eigenvalue weighted by Gasteiger charge is -2.30. The van der Waals surface area contributed by atoms with Gasteiger partial charge in [0.05, 0.1) is 26.5 Å². The Morgan fingerprint density at radius 2 is 2.04 bits per heavy atom. The Balaban J connectivity index is 1.95. The number of hydrogen-bond acceptors (Lipinski definition) is 6. The monoisotopic (exact) mass is 369 g/mol. The van der Waals surface area contributed by atoms with Gasteiger partial charge in [0.15, 0.2) is 0 Å². The van der Waals surface area contributed by atoms with Crippen LogP contribution < -0.4 is 10.2 Å². The van der Waals surface area contributed by atoms with Gasteiger partial charge in [0.1, 0.15) is 29.1 Å². The molecular weight excluding hydrogens is 352 g/mol. The van der Waals surface area contributed by atoms with E-state index in [0.29, 0.717) is 37.6 Å². The number of H-pyrrole nitrogens is 1. The van der Waals surface area contributed by atoms with Gasteiger partial charge in [0.2, 0.25) is 0 Å². The second-order valence-corrected chi connectivity index (χ2v) is 5.77. The Morgan fingerprint density at radius 3 is 2.60 bits per heavy atom. The lowest BCUT2D eigenvalue weighted by Crippen LogP contribution is -2.37. The van der Waals surface area contributed by atoms with Crippen LogP contribution in [0, 0.1) is 11.6 Å². The van der Waals surface area contributed by atoms with E-state index in [2.05, 4.69) is 20.7 Å². The summed E-state index contributed by atoms with van der Waals surface area (Å²) in [5.41, 5.74) is 0.693. The Morgan fingerprint density at radius 1 is 1.36 bits per heavy atom. The van der Waals surface area contributed by atoms with Gasteiger partial charge in [-0.2, -0.15) is 15.4 Å². The van der Waals surface area contributed by atoms with Gasteiger partial charge in [0.25, 0.3) is 5.17 Å². The Labute approximate surface area is 148 Å². The first-order valence-corrected chi connectivity index (χ1v) is 8.02. The molecule has 3 rings (SSSR count). The average molecular weight is 369 g/mol. The number of nitrogens with zero attached hydrogens (tertiary/aromatic N) is 3. The molecule has 2 heterocycles. The molecule has 1 atom stereocenters. The molecule has 2 N–H and O–H groups in total. The summed E-state index contributed by atoms with van der Waals surface area (Å²) < 4.78 is 39.5. The molecule has 1 aliphatic heterocycles. The fourth-order valence-electron chi connectivity index (χ4n) is 2.70. The zero-order valence-corrected chi connectivity index (χ0v) is 14.3. The fourth-order valence-corrected chi connectivity index (χ4v) is 2.81. The van der Waals surface area contributed by atoms with Gasteiger partial charge in [-0.3, -0.25) is 0 Å². The van der Waals surface area contributed by atoms with E-state index in [1.54, 1.807) is 4.90 Å². The molecule has 0 amide bonds. The number of hydrogen-bond donors (Lipinski definition) is 2. The molecule has 0 radical (unpaired) electrons. The Bertz CT molecular complexity index is 715. The SMILES string of the molecule is COC(=S)NC(c1cc(F)c(N2CCOCC2)c(F)c1)c1cn[nH]n1. The third-order valence-electron chi connectivity index (χ3n) is 3.88. The van der Waals surface area contributed by atoms with Crippen molar-refractivity contribution in [3.63, 3.8) is 0 Å². The van der Waals surface area contributed by atoms with Gasteiger partial charge in [-0.1, -0.05) is 0 Å². The largest absolute Gasteiger partial charge is 0.474 e. The van der Waals surface area contributed by atoms with Crippen LogP contribution in [0.3, 0.4) is 0 Å². The highest BCUT2D eigenvalue weighted by Crippen LogP contribution is 2.30. The maximum atomic E-state index is 14.7. The van der Waals surface area contributed by atoms with Crippen molar-refractivity contribution in [2.45, 2.75) is 6.04 Å². The molecule has 1 unspecified atom stereocenters. The van der Waals surface area contributed by atoms with Gasteiger partial charge in [-0.05, 0) is 29.9 Å². The second-order valence-electron chi connectivity index (χ2n) is 5.40. The van der Waals surface area contributed by atoms with Gasteiger partial charge in [-0.15, -0.1) is 0 Å². The van der Waals surface area contributed by atoms with Crippen molar-refractivity contribution in [2.75, 3.05) is 38.3 Å². The van der Waals surface area contributed by atoms with E-state index in [0.717, 1.165) is 0 Å². The predicted octanol–water partition coefficient (Wildman–Crippen LogP) is 1.53. The molecule has 134 valence electrons. The minimum absolute atomic E-state index is 0.0553. The molecule has 0 saturated carbocycles. The number of ether oxygens (including phenoxy) is 2. The molecule has 25 heavy (non-hydrogen) atoms. The van der Waals surface area contributed by atoms with Crippen LogP contribution in [0.1, 0.15) is 17.3 Å². The molecule has 2 aromatic rings. The number of methoxy groups -OCH3 is 1. The maximum absolute atomic E-state index is 14.7. The lowest BCUT2D eigenvalue weighted by atomic mass is 10.0. The third kappa shape index (κ3) is 3.85. The number of halogens is 2. The number of aromatic nitrogens is 3. The second kappa shape index (κ2) is 7.70. The van der Waals surface area contributed by atoms with Crippen LogP contribution in [0.15, 0.2) is 18.3 Å². The van der Waals surface area contributed by atoms with Gasteiger partial charge in [-0.25, -0.2) is 8.78 Å². The highest BCUT2D eigenvalue weighted by atomic mass is 32.1. The maximum Gasteiger partial charge on any atom is 0.257 e. The summed E-state index contributed by atoms with van der Waals surface area (Å²) in [7, 11) is 1.40. The van der Waals surface area contributed by atoms with Gasteiger partial charge in [0, 0.05) is 13.1 Å². The van der Waals surface area contributed by atoms with Crippen LogP contribution in [-0.4, -0.2) is 54.0 Å². The summed E-state index contributed by atoms with van der Waals surface area (Å²) in [4.78, 5) is 1.64. The summed E-state index contributed by atoms with van der Waals surface area (Å²) >= 11 is 5.00. The number of rotatable bonds is 4. The van der Waals surface area contributed by atoms with Crippen LogP contribution in [-0.2, 0) is 9.47 Å². The van der Waals surface area contributed by atoms with E-state index in [4.69, 9.17) is 21.7 Å². The van der Waals surface area contributed by atoms with E-state index >= 15 is 0 Å². The standard InChI is InChI=1S/C15H17F2N5O2S/c1-23-15(25)19-13(12-8-18-21-20-12)9-6-10(16)14(11(17)7-9)22-2-4-24-5-3-22/h6-8,13H,2-5H2,1H3,(H,19,25)(H,18,20,21). The third-order valence-corrected chi connectivity index (χ3v) is 4.16. The van der Waals surface area contributed by atoms with Crippen molar-refractivity contribution in [1.82, 2.24) is 20.7 Å². The fraction of sp³-hybridized carbons (Fsp3) is 0.400. The molecule has 0 bridgehead atoms. The van der Waals surface area contributed by atoms with E-state index in [-0.39, 0.29) is 10.9 Å². The highest BCUT2D eigenvalue weighted by molar-refractivity contribution is 7.80. The zero-order chi connectivity index (χ0) is 17.8. The minimum atomic E-state index is -0.700. The van der Waals surface area contributed by atoms with Crippen LogP contribution in [0.4, 0.5) is 14.5 Å². The van der Waals surface area contributed by atoms with Crippen LogP contribution in [0.5, 0.6) is 0 Å². The predicted molar refractivity (Wildman–Crippen MR) is 90.4 cm³/mol. The normalized spacial score (nSPS) is 15.7. The van der Waals surface area contributed by atoms with E-state index in [1.165, 1.54) is 25.4 Å². The molecule has 1 fully saturated rings. The highest BCUT2D eigenvalue weighted by Gasteiger charge is 2.25. The smallest absolute Gasteiger partial charge is 0.257 e. The first-order chi connectivity index (χ1) is 12.1. The average Bonchev–Trinajstić information content (AvgIpc) is 3.14. The van der Waals surface area contributed by atoms with Gasteiger partial charge < -0.3 is 19.7 Å². The van der Waals surface area contributed by atoms with Crippen LogP contribution in [0.2, 0.25) is 0 Å². The van der Waals surface area contributed by atoms with E-state index in [9.17, 15) is 8.78 Å². The molecule has 0 spiro atoms. The number of morpholine rings is 1. The summed E-state index contributed by atoms with van der Waals surface area (Å²) in [6, 6.07) is 1.82. The minimum Gasteiger partial charge on any atom is -0.474 e. The Hall–Kier alpha value is -2.33. The molecule has 1 saturated heterocycles. The molecule has 1 aliphatic rings. The van der Waals surface area contributed by atoms with Crippen molar-refractivity contribution in [1.29, 1.82) is 0 Å². The molecule has 1 aromatic carbocycles. The number of aromatic amines is 1. The lowest BCUT2D eigenvalue weighted by molar-refractivity contribution is 0.122. The van der Waals surface area contributed by atoms with Crippen molar-refractivity contribution in [2.24, 2.45) is 0 Å². The van der Waals surface area contributed by atoms with Crippen LogP contribution in [0.25, 0.3) is 0 Å². The topological polar surface area (TPSA) is 75.3 Å². The number of nitrogens with one attached hydrogen (secondary N) is 2. The molecule has 1 aromatic heterocycles. The summed E-state index contributed by atoms with van der Waals surface area (Å²) in [6.45, 7) is 1.75. The van der Waals surface area contributed by atoms with Crippen molar-refractivity contribution in [3.05, 3.63) is 41.2 Å². The molecule has 10 heteroatoms. The molecule has 7 nitrogen and oxygen atoms in total. The summed E-state index contributed by atoms with van der Waals surface area (Å²) in [6.07, 6.45) is 1.45. The van der Waals surface area contributed by atoms with E-state index in [1.807, 2.05) is 0 Å². The van der Waals surface area contributed by atoms with Crippen molar-refractivity contribution in [3.8, 4) is 0 Å². The zero-order valence-electron chi connectivity index (χ0n) is 13.5. The molecule has 0 aliphatic carbocycles.